The number of fused-ring (bicyclic) bond motifs is 1. The summed E-state index contributed by atoms with van der Waals surface area (Å²) < 4.78 is 13.2. The molecule has 0 aliphatic carbocycles. The minimum absolute atomic E-state index is 0.00130. The van der Waals surface area contributed by atoms with Gasteiger partial charge in [-0.1, -0.05) is 23.2 Å². The van der Waals surface area contributed by atoms with Crippen LogP contribution in [0.1, 0.15) is 0 Å². The molecule has 0 fully saturated rings. The van der Waals surface area contributed by atoms with Gasteiger partial charge >= 0.3 is 0 Å². The Bertz CT molecular complexity index is 991. The summed E-state index contributed by atoms with van der Waals surface area (Å²) in [4.78, 5) is 15.1. The van der Waals surface area contributed by atoms with Gasteiger partial charge in [0.05, 0.1) is 16.3 Å². The number of aromatic amines is 1. The van der Waals surface area contributed by atoms with Crippen molar-refractivity contribution in [2.24, 2.45) is 10.2 Å². The summed E-state index contributed by atoms with van der Waals surface area (Å²) >= 11 is 13.1. The lowest BCUT2D eigenvalue weighted by Crippen LogP contribution is -1.95. The highest BCUT2D eigenvalue weighted by molar-refractivity contribution is 8.00. The van der Waals surface area contributed by atoms with Crippen molar-refractivity contribution in [2.45, 2.75) is 4.90 Å². The first-order valence-electron chi connectivity index (χ1n) is 6.96. The van der Waals surface area contributed by atoms with Crippen molar-refractivity contribution in [1.82, 2.24) is 4.98 Å². The predicted molar refractivity (Wildman–Crippen MR) is 96.6 cm³/mol. The Balaban J connectivity index is 1.73. The number of hydrogen-bond acceptors (Lipinski definition) is 4. The lowest BCUT2D eigenvalue weighted by Gasteiger charge is -2.02. The number of amides is 1. The van der Waals surface area contributed by atoms with E-state index in [1.165, 1.54) is 30.0 Å². The van der Waals surface area contributed by atoms with E-state index in [-0.39, 0.29) is 17.3 Å². The molecular weight excluding hydrogens is 388 g/mol. The third-order valence-corrected chi connectivity index (χ3v) is 4.94. The zero-order chi connectivity index (χ0) is 18.0. The van der Waals surface area contributed by atoms with E-state index < -0.39 is 11.7 Å². The van der Waals surface area contributed by atoms with Crippen LogP contribution in [0.5, 0.6) is 5.88 Å². The van der Waals surface area contributed by atoms with Gasteiger partial charge in [-0.3, -0.25) is 4.79 Å². The molecule has 0 aliphatic rings. The van der Waals surface area contributed by atoms with Crippen molar-refractivity contribution in [3.8, 4) is 5.88 Å². The smallest absolute Gasteiger partial charge is 0.274 e. The van der Waals surface area contributed by atoms with Crippen LogP contribution in [-0.4, -0.2) is 21.8 Å². The van der Waals surface area contributed by atoms with E-state index in [9.17, 15) is 14.3 Å². The number of H-pyrrole nitrogens is 1. The molecule has 2 aromatic carbocycles. The Morgan fingerprint density at radius 1 is 1.24 bits per heavy atom. The van der Waals surface area contributed by atoms with Gasteiger partial charge in [0.25, 0.3) is 5.91 Å². The van der Waals surface area contributed by atoms with Crippen molar-refractivity contribution < 1.29 is 14.3 Å². The second-order valence-corrected chi connectivity index (χ2v) is 6.83. The predicted octanol–water partition coefficient (Wildman–Crippen LogP) is 5.72. The van der Waals surface area contributed by atoms with Gasteiger partial charge in [0.1, 0.15) is 5.82 Å². The number of aromatic nitrogens is 1. The number of nitrogens with one attached hydrogen (secondary N) is 1. The molecule has 9 heteroatoms. The average molecular weight is 398 g/mol. The summed E-state index contributed by atoms with van der Waals surface area (Å²) in [5.74, 6) is -1.26. The largest absolute Gasteiger partial charge is 0.493 e. The molecule has 1 heterocycles. The SMILES string of the molecule is O=C(CSc1cc(Cl)ccc1Cl)N=Nc1c(O)[nH]c2cc(F)ccc12. The van der Waals surface area contributed by atoms with Gasteiger partial charge in [-0.2, -0.15) is 0 Å². The topological polar surface area (TPSA) is 77.8 Å². The van der Waals surface area contributed by atoms with Gasteiger partial charge in [-0.05, 0) is 36.4 Å². The Labute approximate surface area is 155 Å². The number of carbonyl (C=O) groups excluding carboxylic acids is 1. The second kappa shape index (κ2) is 7.43. The van der Waals surface area contributed by atoms with E-state index in [1.54, 1.807) is 18.2 Å². The van der Waals surface area contributed by atoms with Crippen molar-refractivity contribution in [1.29, 1.82) is 0 Å². The van der Waals surface area contributed by atoms with E-state index in [0.717, 1.165) is 0 Å². The minimum Gasteiger partial charge on any atom is -0.493 e. The number of aromatic hydroxyl groups is 1. The summed E-state index contributed by atoms with van der Waals surface area (Å²) in [6.07, 6.45) is 0. The number of carbonyl (C=O) groups is 1. The number of rotatable bonds is 4. The van der Waals surface area contributed by atoms with Gasteiger partial charge in [-0.25, -0.2) is 4.39 Å². The third-order valence-electron chi connectivity index (χ3n) is 3.22. The van der Waals surface area contributed by atoms with Crippen molar-refractivity contribution in [3.63, 3.8) is 0 Å². The average Bonchev–Trinajstić information content (AvgIpc) is 2.88. The second-order valence-electron chi connectivity index (χ2n) is 4.97. The van der Waals surface area contributed by atoms with Gasteiger partial charge in [0.2, 0.25) is 5.88 Å². The molecule has 128 valence electrons. The van der Waals surface area contributed by atoms with Gasteiger partial charge < -0.3 is 10.1 Å². The zero-order valence-electron chi connectivity index (χ0n) is 12.5. The lowest BCUT2D eigenvalue weighted by atomic mass is 10.2. The molecule has 0 spiro atoms. The van der Waals surface area contributed by atoms with Crippen LogP contribution in [0.3, 0.4) is 0 Å². The number of azo groups is 1. The van der Waals surface area contributed by atoms with Crippen LogP contribution in [0.2, 0.25) is 10.0 Å². The number of benzene rings is 2. The molecule has 0 unspecified atom stereocenters. The maximum Gasteiger partial charge on any atom is 0.274 e. The van der Waals surface area contributed by atoms with Crippen molar-refractivity contribution >= 4 is 57.5 Å². The normalized spacial score (nSPS) is 11.5. The van der Waals surface area contributed by atoms with Crippen molar-refractivity contribution in [3.05, 3.63) is 52.3 Å². The highest BCUT2D eigenvalue weighted by atomic mass is 35.5. The molecule has 0 aliphatic heterocycles. The summed E-state index contributed by atoms with van der Waals surface area (Å²) in [5.41, 5.74) is 0.438. The molecular formula is C16H10Cl2FN3O2S. The monoisotopic (exact) mass is 397 g/mol. The van der Waals surface area contributed by atoms with Crippen LogP contribution in [0, 0.1) is 5.82 Å². The third kappa shape index (κ3) is 4.12. The molecule has 5 nitrogen and oxygen atoms in total. The molecule has 3 rings (SSSR count). The maximum atomic E-state index is 13.2. The summed E-state index contributed by atoms with van der Waals surface area (Å²) in [7, 11) is 0. The number of nitrogens with zero attached hydrogens (tertiary/aromatic N) is 2. The highest BCUT2D eigenvalue weighted by Crippen LogP contribution is 2.36. The molecule has 1 amide bonds. The Hall–Kier alpha value is -2.09. The van der Waals surface area contributed by atoms with Crippen LogP contribution in [0.4, 0.5) is 10.1 Å². The van der Waals surface area contributed by atoms with E-state index in [0.29, 0.717) is 25.8 Å². The van der Waals surface area contributed by atoms with Gasteiger partial charge in [0, 0.05) is 15.3 Å². The van der Waals surface area contributed by atoms with Crippen LogP contribution < -0.4 is 0 Å². The first-order chi connectivity index (χ1) is 11.9. The molecule has 1 aromatic heterocycles. The standard InChI is InChI=1S/C16H10Cl2FN3O2S/c17-8-1-4-11(18)13(5-8)25-7-14(23)21-22-15-10-3-2-9(19)6-12(10)20-16(15)24/h1-6,20,24H,7H2. The summed E-state index contributed by atoms with van der Waals surface area (Å²) in [6, 6.07) is 8.83. The molecule has 0 radical (unpaired) electrons. The number of halogens is 3. The molecule has 0 bridgehead atoms. The van der Waals surface area contributed by atoms with E-state index in [2.05, 4.69) is 15.2 Å². The molecule has 3 aromatic rings. The minimum atomic E-state index is -0.517. The number of thioether (sulfide) groups is 1. The van der Waals surface area contributed by atoms with E-state index >= 15 is 0 Å². The van der Waals surface area contributed by atoms with E-state index in [1.807, 2.05) is 0 Å². The molecule has 25 heavy (non-hydrogen) atoms. The van der Waals surface area contributed by atoms with Crippen LogP contribution >= 0.6 is 35.0 Å². The Morgan fingerprint density at radius 3 is 2.84 bits per heavy atom. The number of hydrogen-bond donors (Lipinski definition) is 2. The van der Waals surface area contributed by atoms with Gasteiger partial charge in [-0.15, -0.1) is 22.0 Å². The highest BCUT2D eigenvalue weighted by Gasteiger charge is 2.12. The lowest BCUT2D eigenvalue weighted by molar-refractivity contribution is -0.115. The fourth-order valence-corrected chi connectivity index (χ4v) is 3.37. The summed E-state index contributed by atoms with van der Waals surface area (Å²) in [5, 5.41) is 18.6. The van der Waals surface area contributed by atoms with E-state index in [4.69, 9.17) is 23.2 Å². The summed E-state index contributed by atoms with van der Waals surface area (Å²) in [6.45, 7) is 0. The first kappa shape index (κ1) is 17.7. The van der Waals surface area contributed by atoms with Crippen LogP contribution in [0.25, 0.3) is 10.9 Å². The van der Waals surface area contributed by atoms with Crippen LogP contribution in [-0.2, 0) is 4.79 Å². The Morgan fingerprint density at radius 2 is 2.04 bits per heavy atom. The van der Waals surface area contributed by atoms with Crippen LogP contribution in [0.15, 0.2) is 51.5 Å². The quantitative estimate of drug-likeness (QED) is 0.436. The fourth-order valence-electron chi connectivity index (χ4n) is 2.10. The first-order valence-corrected chi connectivity index (χ1v) is 8.71. The Kier molecular flexibility index (Phi) is 5.27. The molecule has 0 atom stereocenters. The molecule has 0 saturated carbocycles. The van der Waals surface area contributed by atoms with Gasteiger partial charge in [0.15, 0.2) is 5.69 Å². The van der Waals surface area contributed by atoms with Crippen molar-refractivity contribution in [2.75, 3.05) is 5.75 Å². The maximum absolute atomic E-state index is 13.2. The molecule has 2 N–H and O–H groups in total. The zero-order valence-corrected chi connectivity index (χ0v) is 14.8. The molecule has 0 saturated heterocycles. The fraction of sp³-hybridized carbons (Fsp3) is 0.0625.